The Bertz CT molecular complexity index is 524. The molecule has 1 atom stereocenters. The van der Waals surface area contributed by atoms with Gasteiger partial charge in [0.05, 0.1) is 29.8 Å². The quantitative estimate of drug-likeness (QED) is 0.804. The molecule has 1 unspecified atom stereocenters. The van der Waals surface area contributed by atoms with E-state index in [0.717, 1.165) is 0 Å². The SMILES string of the molecule is CCOC(=O)CC(O)CS(=O)(=O)c1ccc(Cl)cc1. The van der Waals surface area contributed by atoms with E-state index in [1.54, 1.807) is 6.92 Å². The zero-order valence-corrected chi connectivity index (χ0v) is 11.9. The smallest absolute Gasteiger partial charge is 0.308 e. The summed E-state index contributed by atoms with van der Waals surface area (Å²) in [5.74, 6) is -1.16. The maximum absolute atomic E-state index is 11.9. The van der Waals surface area contributed by atoms with E-state index in [1.165, 1.54) is 24.3 Å². The van der Waals surface area contributed by atoms with Crippen molar-refractivity contribution < 1.29 is 23.1 Å². The number of hydrogen-bond donors (Lipinski definition) is 1. The van der Waals surface area contributed by atoms with Crippen LogP contribution in [-0.2, 0) is 19.4 Å². The first-order valence-corrected chi connectivity index (χ1v) is 7.70. The molecule has 19 heavy (non-hydrogen) atoms. The van der Waals surface area contributed by atoms with Gasteiger partial charge in [-0.2, -0.15) is 0 Å². The molecule has 7 heteroatoms. The lowest BCUT2D eigenvalue weighted by atomic mass is 10.3. The normalized spacial score (nSPS) is 13.0. The van der Waals surface area contributed by atoms with Gasteiger partial charge >= 0.3 is 5.97 Å². The minimum Gasteiger partial charge on any atom is -0.466 e. The molecular weight excluding hydrogens is 292 g/mol. The Morgan fingerprint density at radius 3 is 2.47 bits per heavy atom. The maximum Gasteiger partial charge on any atom is 0.308 e. The number of carbonyl (C=O) groups excluding carboxylic acids is 1. The molecule has 0 aliphatic carbocycles. The van der Waals surface area contributed by atoms with E-state index in [1.807, 2.05) is 0 Å². The van der Waals surface area contributed by atoms with Crippen LogP contribution in [0.15, 0.2) is 29.2 Å². The van der Waals surface area contributed by atoms with Crippen LogP contribution in [0, 0.1) is 0 Å². The van der Waals surface area contributed by atoms with Crippen LogP contribution in [0.1, 0.15) is 13.3 Å². The number of rotatable bonds is 6. The van der Waals surface area contributed by atoms with E-state index in [4.69, 9.17) is 11.6 Å². The molecule has 0 aliphatic rings. The molecule has 0 radical (unpaired) electrons. The van der Waals surface area contributed by atoms with Crippen LogP contribution in [0.3, 0.4) is 0 Å². The fraction of sp³-hybridized carbons (Fsp3) is 0.417. The van der Waals surface area contributed by atoms with Crippen molar-refractivity contribution in [3.8, 4) is 0 Å². The van der Waals surface area contributed by atoms with Gasteiger partial charge < -0.3 is 9.84 Å². The summed E-state index contributed by atoms with van der Waals surface area (Å²) in [7, 11) is -3.65. The fourth-order valence-corrected chi connectivity index (χ4v) is 2.96. The first-order chi connectivity index (χ1) is 8.85. The highest BCUT2D eigenvalue weighted by molar-refractivity contribution is 7.91. The van der Waals surface area contributed by atoms with Gasteiger partial charge in [-0.25, -0.2) is 8.42 Å². The Kier molecular flexibility index (Phi) is 5.78. The number of ether oxygens (including phenoxy) is 1. The number of halogens is 1. The summed E-state index contributed by atoms with van der Waals surface area (Å²) in [6.45, 7) is 1.82. The zero-order chi connectivity index (χ0) is 14.5. The Hall–Kier alpha value is -1.11. The second-order valence-corrected chi connectivity index (χ2v) is 6.37. The van der Waals surface area contributed by atoms with Crippen LogP contribution >= 0.6 is 11.6 Å². The standard InChI is InChI=1S/C12H15ClO5S/c1-2-18-12(15)7-10(14)8-19(16,17)11-5-3-9(13)4-6-11/h3-6,10,14H,2,7-8H2,1H3. The lowest BCUT2D eigenvalue weighted by Gasteiger charge is -2.10. The molecule has 0 saturated heterocycles. The molecule has 1 N–H and O–H groups in total. The molecule has 1 rings (SSSR count). The predicted molar refractivity (Wildman–Crippen MR) is 70.8 cm³/mol. The lowest BCUT2D eigenvalue weighted by molar-refractivity contribution is -0.144. The third-order valence-corrected chi connectivity index (χ3v) is 4.36. The Morgan fingerprint density at radius 2 is 1.95 bits per heavy atom. The second-order valence-electron chi connectivity index (χ2n) is 3.90. The topological polar surface area (TPSA) is 80.7 Å². The number of carbonyl (C=O) groups is 1. The Morgan fingerprint density at radius 1 is 1.37 bits per heavy atom. The number of sulfone groups is 1. The van der Waals surface area contributed by atoms with E-state index in [9.17, 15) is 18.3 Å². The Balaban J connectivity index is 2.69. The summed E-state index contributed by atoms with van der Waals surface area (Å²) in [6.07, 6.45) is -1.64. The van der Waals surface area contributed by atoms with Crippen LogP contribution in [-0.4, -0.2) is 38.0 Å². The van der Waals surface area contributed by atoms with Crippen LogP contribution in [0.4, 0.5) is 0 Å². The number of aliphatic hydroxyl groups is 1. The summed E-state index contributed by atoms with van der Waals surface area (Å²) in [5, 5.41) is 10.0. The van der Waals surface area contributed by atoms with Gasteiger partial charge in [-0.05, 0) is 31.2 Å². The minimum atomic E-state index is -3.65. The van der Waals surface area contributed by atoms with E-state index >= 15 is 0 Å². The molecular formula is C12H15ClO5S. The molecule has 106 valence electrons. The second kappa shape index (κ2) is 6.88. The van der Waals surface area contributed by atoms with Crippen molar-refractivity contribution in [3.63, 3.8) is 0 Å². The third-order valence-electron chi connectivity index (χ3n) is 2.29. The third kappa shape index (κ3) is 5.18. The molecule has 0 bridgehead atoms. The molecule has 0 heterocycles. The summed E-state index contributed by atoms with van der Waals surface area (Å²) >= 11 is 5.67. The average molecular weight is 307 g/mol. The van der Waals surface area contributed by atoms with Gasteiger partial charge in [0.15, 0.2) is 9.84 Å². The van der Waals surface area contributed by atoms with Gasteiger partial charge in [-0.15, -0.1) is 0 Å². The predicted octanol–water partition coefficient (Wildman–Crippen LogP) is 1.43. The van der Waals surface area contributed by atoms with E-state index in [0.29, 0.717) is 5.02 Å². The van der Waals surface area contributed by atoms with Crippen molar-refractivity contribution >= 4 is 27.4 Å². The number of aliphatic hydroxyl groups excluding tert-OH is 1. The fourth-order valence-electron chi connectivity index (χ4n) is 1.46. The van der Waals surface area contributed by atoms with E-state index in [2.05, 4.69) is 4.74 Å². The lowest BCUT2D eigenvalue weighted by Crippen LogP contribution is -2.24. The summed E-state index contributed by atoms with van der Waals surface area (Å²) in [4.78, 5) is 11.2. The van der Waals surface area contributed by atoms with Gasteiger partial charge in [0.25, 0.3) is 0 Å². The molecule has 0 amide bonds. The van der Waals surface area contributed by atoms with Crippen molar-refractivity contribution in [2.45, 2.75) is 24.3 Å². The van der Waals surface area contributed by atoms with Crippen molar-refractivity contribution in [3.05, 3.63) is 29.3 Å². The molecule has 0 saturated carbocycles. The molecule has 0 spiro atoms. The summed E-state index contributed by atoms with van der Waals surface area (Å²) in [5.41, 5.74) is 0. The van der Waals surface area contributed by atoms with Crippen LogP contribution < -0.4 is 0 Å². The zero-order valence-electron chi connectivity index (χ0n) is 10.4. The van der Waals surface area contributed by atoms with Gasteiger partial charge in [0, 0.05) is 5.02 Å². The summed E-state index contributed by atoms with van der Waals surface area (Å²) in [6, 6.07) is 5.61. The first kappa shape index (κ1) is 15.9. The molecule has 5 nitrogen and oxygen atoms in total. The maximum atomic E-state index is 11.9. The average Bonchev–Trinajstić information content (AvgIpc) is 2.28. The number of esters is 1. The van der Waals surface area contributed by atoms with Crippen LogP contribution in [0.2, 0.25) is 5.02 Å². The molecule has 0 aliphatic heterocycles. The highest BCUT2D eigenvalue weighted by Crippen LogP contribution is 2.16. The highest BCUT2D eigenvalue weighted by atomic mass is 35.5. The van der Waals surface area contributed by atoms with E-state index in [-0.39, 0.29) is 17.9 Å². The van der Waals surface area contributed by atoms with E-state index < -0.39 is 27.7 Å². The van der Waals surface area contributed by atoms with Crippen molar-refractivity contribution in [1.29, 1.82) is 0 Å². The van der Waals surface area contributed by atoms with Gasteiger partial charge in [-0.1, -0.05) is 11.6 Å². The van der Waals surface area contributed by atoms with Crippen LogP contribution in [0.5, 0.6) is 0 Å². The summed E-state index contributed by atoms with van der Waals surface area (Å²) < 4.78 is 28.5. The largest absolute Gasteiger partial charge is 0.466 e. The first-order valence-electron chi connectivity index (χ1n) is 5.67. The van der Waals surface area contributed by atoms with Gasteiger partial charge in [-0.3, -0.25) is 4.79 Å². The molecule has 1 aromatic carbocycles. The molecule has 0 fully saturated rings. The molecule has 1 aromatic rings. The van der Waals surface area contributed by atoms with Gasteiger partial charge in [0.1, 0.15) is 0 Å². The minimum absolute atomic E-state index is 0.0554. The van der Waals surface area contributed by atoms with Crippen molar-refractivity contribution in [2.75, 3.05) is 12.4 Å². The highest BCUT2D eigenvalue weighted by Gasteiger charge is 2.22. The molecule has 0 aromatic heterocycles. The number of hydrogen-bond acceptors (Lipinski definition) is 5. The van der Waals surface area contributed by atoms with Crippen LogP contribution in [0.25, 0.3) is 0 Å². The number of benzene rings is 1. The monoisotopic (exact) mass is 306 g/mol. The van der Waals surface area contributed by atoms with Gasteiger partial charge in [0.2, 0.25) is 0 Å². The van der Waals surface area contributed by atoms with Crippen molar-refractivity contribution in [1.82, 2.24) is 0 Å². The Labute approximate surface area is 117 Å². The van der Waals surface area contributed by atoms with Crippen molar-refractivity contribution in [2.24, 2.45) is 0 Å².